The van der Waals surface area contributed by atoms with Crippen LogP contribution in [0.5, 0.6) is 0 Å². The fourth-order valence-electron chi connectivity index (χ4n) is 3.38. The van der Waals surface area contributed by atoms with Crippen LogP contribution in [0.1, 0.15) is 27.5 Å². The first-order chi connectivity index (χ1) is 14.9. The molecule has 0 aromatic heterocycles. The first-order valence-electron chi connectivity index (χ1n) is 9.76. The summed E-state index contributed by atoms with van der Waals surface area (Å²) >= 11 is 0. The van der Waals surface area contributed by atoms with E-state index in [-0.39, 0.29) is 15.4 Å². The summed E-state index contributed by atoms with van der Waals surface area (Å²) < 4.78 is 54.1. The van der Waals surface area contributed by atoms with Gasteiger partial charge in [-0.1, -0.05) is 65.2 Å². The molecule has 0 spiro atoms. The first kappa shape index (κ1) is 23.6. The normalized spacial score (nSPS) is 14.0. The van der Waals surface area contributed by atoms with Gasteiger partial charge in [0, 0.05) is 4.92 Å². The summed E-state index contributed by atoms with van der Waals surface area (Å²) in [6.07, 6.45) is 0. The van der Waals surface area contributed by atoms with Crippen molar-refractivity contribution in [2.45, 2.75) is 41.2 Å². The molecule has 0 saturated heterocycles. The minimum atomic E-state index is -4.65. The highest BCUT2D eigenvalue weighted by atomic mass is 32.2. The van der Waals surface area contributed by atoms with E-state index >= 15 is 0 Å². The molecule has 3 aromatic carbocycles. The fourth-order valence-corrected chi connectivity index (χ4v) is 7.49. The highest BCUT2D eigenvalue weighted by Crippen LogP contribution is 2.38. The Morgan fingerprint density at radius 1 is 0.625 bits per heavy atom. The number of benzene rings is 3. The van der Waals surface area contributed by atoms with Gasteiger partial charge in [-0.15, -0.1) is 0 Å². The average molecular weight is 474 g/mol. The third-order valence-corrected chi connectivity index (χ3v) is 9.53. The van der Waals surface area contributed by atoms with Crippen molar-refractivity contribution in [3.8, 4) is 0 Å². The van der Waals surface area contributed by atoms with Crippen LogP contribution < -0.4 is 0 Å². The number of hydrogen-bond acceptors (Lipinski definition) is 6. The van der Waals surface area contributed by atoms with Gasteiger partial charge < -0.3 is 0 Å². The summed E-state index contributed by atoms with van der Waals surface area (Å²) in [5.41, 5.74) is 2.41. The summed E-state index contributed by atoms with van der Waals surface area (Å²) in [4.78, 5) is 10.7. The quantitative estimate of drug-likeness (QED) is 0.375. The molecule has 0 N–H and O–H groups in total. The van der Waals surface area contributed by atoms with E-state index in [2.05, 4.69) is 0 Å². The number of rotatable bonds is 7. The van der Waals surface area contributed by atoms with Crippen molar-refractivity contribution in [2.24, 2.45) is 0 Å². The lowest BCUT2D eigenvalue weighted by Gasteiger charge is -2.22. The molecule has 0 heterocycles. The lowest BCUT2D eigenvalue weighted by Crippen LogP contribution is -2.39. The van der Waals surface area contributed by atoms with Crippen LogP contribution in [-0.2, 0) is 19.7 Å². The van der Waals surface area contributed by atoms with E-state index in [0.29, 0.717) is 0 Å². The van der Waals surface area contributed by atoms with E-state index in [1.807, 2.05) is 0 Å². The van der Waals surface area contributed by atoms with Crippen LogP contribution in [0.2, 0.25) is 0 Å². The minimum absolute atomic E-state index is 0.0357. The van der Waals surface area contributed by atoms with E-state index in [4.69, 9.17) is 0 Å². The van der Waals surface area contributed by atoms with Gasteiger partial charge in [0.25, 0.3) is 0 Å². The van der Waals surface area contributed by atoms with Crippen LogP contribution in [-0.4, -0.2) is 27.1 Å². The maximum Gasteiger partial charge on any atom is 0.335 e. The van der Waals surface area contributed by atoms with Gasteiger partial charge in [0.1, 0.15) is 0 Å². The van der Waals surface area contributed by atoms with Crippen molar-refractivity contribution in [3.05, 3.63) is 105 Å². The third-order valence-electron chi connectivity index (χ3n) is 5.22. The topological polar surface area (TPSA) is 111 Å². The van der Waals surface area contributed by atoms with Crippen LogP contribution in [0.4, 0.5) is 0 Å². The molecular weight excluding hydrogens is 450 g/mol. The van der Waals surface area contributed by atoms with Crippen molar-refractivity contribution in [1.82, 2.24) is 0 Å². The van der Waals surface area contributed by atoms with Crippen molar-refractivity contribution in [3.63, 3.8) is 0 Å². The maximum atomic E-state index is 13.6. The fraction of sp³-hybridized carbons (Fsp3) is 0.217. The molecule has 0 saturated carbocycles. The average Bonchev–Trinajstić information content (AvgIpc) is 2.73. The Morgan fingerprint density at radius 3 is 1.34 bits per heavy atom. The van der Waals surface area contributed by atoms with Gasteiger partial charge in [-0.25, -0.2) is 16.8 Å². The molecular formula is C23H23NO6S2. The molecule has 3 aromatic rings. The molecule has 2 unspecified atom stereocenters. The predicted octanol–water partition coefficient (Wildman–Crippen LogP) is 4.20. The molecule has 3 rings (SSSR count). The Morgan fingerprint density at radius 2 is 0.969 bits per heavy atom. The zero-order chi connectivity index (χ0) is 23.7. The van der Waals surface area contributed by atoms with E-state index < -0.39 is 35.2 Å². The number of nitro groups is 1. The van der Waals surface area contributed by atoms with Gasteiger partial charge in [-0.05, 0) is 50.6 Å². The molecule has 0 aliphatic heterocycles. The van der Waals surface area contributed by atoms with Crippen LogP contribution in [0.15, 0.2) is 82.6 Å². The van der Waals surface area contributed by atoms with Crippen LogP contribution in [0.3, 0.4) is 0 Å². The van der Waals surface area contributed by atoms with Crippen molar-refractivity contribution >= 4 is 19.7 Å². The van der Waals surface area contributed by atoms with Crippen LogP contribution in [0.25, 0.3) is 0 Å². The Kier molecular flexibility index (Phi) is 6.52. The number of nitrogens with zero attached hydrogens (tertiary/aromatic N) is 1. The number of sulfone groups is 2. The minimum Gasteiger partial charge on any atom is -0.263 e. The van der Waals surface area contributed by atoms with Crippen LogP contribution in [0, 0.1) is 30.9 Å². The van der Waals surface area contributed by atoms with Crippen molar-refractivity contribution < 1.29 is 21.8 Å². The highest BCUT2D eigenvalue weighted by molar-refractivity contribution is 7.95. The Labute approximate surface area is 187 Å². The molecule has 0 fully saturated rings. The zero-order valence-electron chi connectivity index (χ0n) is 17.8. The molecule has 9 heteroatoms. The van der Waals surface area contributed by atoms with Crippen LogP contribution >= 0.6 is 0 Å². The molecule has 0 bridgehead atoms. The second-order valence-corrected chi connectivity index (χ2v) is 11.8. The predicted molar refractivity (Wildman–Crippen MR) is 121 cm³/mol. The maximum absolute atomic E-state index is 13.6. The summed E-state index contributed by atoms with van der Waals surface area (Å²) in [6, 6.07) is 17.4. The lowest BCUT2D eigenvalue weighted by molar-refractivity contribution is -0.497. The molecule has 168 valence electrons. The molecule has 2 atom stereocenters. The van der Waals surface area contributed by atoms with Gasteiger partial charge in [-0.2, -0.15) is 0 Å². The van der Waals surface area contributed by atoms with E-state index in [9.17, 15) is 26.9 Å². The van der Waals surface area contributed by atoms with Crippen molar-refractivity contribution in [1.29, 1.82) is 0 Å². The zero-order valence-corrected chi connectivity index (χ0v) is 19.4. The second kappa shape index (κ2) is 8.84. The highest BCUT2D eigenvalue weighted by Gasteiger charge is 2.52. The van der Waals surface area contributed by atoms with Crippen molar-refractivity contribution in [2.75, 3.05) is 0 Å². The summed E-state index contributed by atoms with van der Waals surface area (Å²) in [5.74, 6) is 0. The smallest absolute Gasteiger partial charge is 0.263 e. The van der Waals surface area contributed by atoms with E-state index in [1.165, 1.54) is 48.5 Å². The molecule has 0 aliphatic rings. The molecule has 32 heavy (non-hydrogen) atoms. The monoisotopic (exact) mass is 473 g/mol. The SMILES string of the molecule is Cc1ccc(C(C([N+](=O)[O-])S(=O)(=O)c2ccc(C)cc2)S(=O)(=O)c2ccc(C)cc2)cc1. The summed E-state index contributed by atoms with van der Waals surface area (Å²) in [7, 11) is -9.10. The summed E-state index contributed by atoms with van der Waals surface area (Å²) in [6.45, 7) is 5.30. The number of aryl methyl sites for hydroxylation is 3. The van der Waals surface area contributed by atoms with Gasteiger partial charge in [0.15, 0.2) is 15.1 Å². The summed E-state index contributed by atoms with van der Waals surface area (Å²) in [5, 5.41) is 7.79. The Hall–Kier alpha value is -3.04. The molecule has 0 radical (unpaired) electrons. The largest absolute Gasteiger partial charge is 0.335 e. The second-order valence-electron chi connectivity index (χ2n) is 7.72. The number of hydrogen-bond donors (Lipinski definition) is 0. The third kappa shape index (κ3) is 4.58. The van der Waals surface area contributed by atoms with Gasteiger partial charge in [0.05, 0.1) is 9.79 Å². The Balaban J connectivity index is 2.29. The molecule has 0 amide bonds. The molecule has 7 nitrogen and oxygen atoms in total. The first-order valence-corrected chi connectivity index (χ1v) is 12.8. The molecule has 0 aliphatic carbocycles. The van der Waals surface area contributed by atoms with E-state index in [1.54, 1.807) is 45.0 Å². The van der Waals surface area contributed by atoms with Gasteiger partial charge >= 0.3 is 5.37 Å². The van der Waals surface area contributed by atoms with E-state index in [0.717, 1.165) is 16.7 Å². The standard InChI is InChI=1S/C23H23NO6S2/c1-16-4-10-19(11-5-16)22(31(27,28)20-12-6-17(2)7-13-20)23(24(25)26)32(29,30)21-14-8-18(3)9-15-21/h4-15,22-23H,1-3H3. The van der Waals surface area contributed by atoms with Gasteiger partial charge in [-0.3, -0.25) is 10.1 Å². The Bertz CT molecular complexity index is 1330. The van der Waals surface area contributed by atoms with Gasteiger partial charge in [0.2, 0.25) is 9.84 Å². The lowest BCUT2D eigenvalue weighted by atomic mass is 10.1.